The van der Waals surface area contributed by atoms with Crippen molar-refractivity contribution in [3.63, 3.8) is 0 Å². The van der Waals surface area contributed by atoms with Gasteiger partial charge in [0.05, 0.1) is 69.4 Å². The number of hydrogen-bond donors (Lipinski definition) is 0. The Balaban J connectivity index is 0.000000114. The average molecular weight is 2030 g/mol. The van der Waals surface area contributed by atoms with Gasteiger partial charge < -0.3 is 37.1 Å². The minimum absolute atomic E-state index is 0.0511. The topological polar surface area (TPSA) is 143 Å². The van der Waals surface area contributed by atoms with Crippen molar-refractivity contribution >= 4 is 188 Å². The first-order valence-corrected chi connectivity index (χ1v) is 52.2. The molecule has 22 heteroatoms. The maximum atomic E-state index is 8.85. The molecule has 10 heterocycles. The second kappa shape index (κ2) is 39.3. The summed E-state index contributed by atoms with van der Waals surface area (Å²) in [4.78, 5) is 28.7. The summed E-state index contributed by atoms with van der Waals surface area (Å²) in [6.07, 6.45) is 0. The van der Waals surface area contributed by atoms with Gasteiger partial charge in [-0.05, 0) is 218 Å². The molecule has 3 aliphatic rings. The summed E-state index contributed by atoms with van der Waals surface area (Å²) in [5.41, 5.74) is 12.8. The van der Waals surface area contributed by atoms with Crippen molar-refractivity contribution < 1.29 is 41.6 Å². The van der Waals surface area contributed by atoms with Crippen LogP contribution in [0.5, 0.6) is 0 Å². The van der Waals surface area contributed by atoms with Gasteiger partial charge in [-0.15, -0.1) is 34.0 Å². The largest absolute Gasteiger partial charge is 0.494 e. The molecule has 0 N–H and O–H groups in total. The summed E-state index contributed by atoms with van der Waals surface area (Å²) in [7, 11) is -1.29. The van der Waals surface area contributed by atoms with Crippen molar-refractivity contribution in [3.8, 4) is 102 Å². The van der Waals surface area contributed by atoms with Crippen LogP contribution >= 0.6 is 57.2 Å². The Morgan fingerprint density at radius 3 is 0.986 bits per heavy atom. The normalized spacial score (nSPS) is 16.2. The third kappa shape index (κ3) is 18.4. The van der Waals surface area contributed by atoms with Gasteiger partial charge in [0.25, 0.3) is 0 Å². The molecule has 3 saturated heterocycles. The molecule has 0 atom stereocenters. The highest BCUT2D eigenvalue weighted by Gasteiger charge is 2.64. The molecule has 7 aromatic heterocycles. The molecule has 0 unspecified atom stereocenters. The molecule has 0 bridgehead atoms. The highest BCUT2D eigenvalue weighted by molar-refractivity contribution is 7.27. The van der Waals surface area contributed by atoms with Crippen LogP contribution in [0.15, 0.2) is 406 Å². The van der Waals surface area contributed by atoms with Gasteiger partial charge in [0.15, 0.2) is 29.1 Å². The number of hydrogen-bond acceptors (Lipinski definition) is 15. The van der Waals surface area contributed by atoms with Crippen molar-refractivity contribution in [2.75, 3.05) is 0 Å². The van der Waals surface area contributed by atoms with Gasteiger partial charge in [-0.1, -0.05) is 333 Å². The summed E-state index contributed by atoms with van der Waals surface area (Å²) in [5, 5.41) is 11.8. The molecule has 0 saturated carbocycles. The van der Waals surface area contributed by atoms with Gasteiger partial charge in [-0.2, -0.15) is 9.97 Å². The van der Waals surface area contributed by atoms with E-state index < -0.39 is 50.3 Å². The second-order valence-corrected chi connectivity index (χ2v) is 43.7. The van der Waals surface area contributed by atoms with E-state index in [1.165, 1.54) is 82.8 Å². The van der Waals surface area contributed by atoms with Crippen molar-refractivity contribution in [3.05, 3.63) is 417 Å². The van der Waals surface area contributed by atoms with E-state index in [-0.39, 0.29) is 81.6 Å². The van der Waals surface area contributed by atoms with Crippen molar-refractivity contribution in [2.45, 2.75) is 117 Å². The van der Waals surface area contributed by atoms with Gasteiger partial charge in [-0.3, -0.25) is 0 Å². The van der Waals surface area contributed by atoms with Crippen LogP contribution in [0, 0.1) is 0 Å². The number of benzene rings is 17. The van der Waals surface area contributed by atoms with Crippen molar-refractivity contribution in [1.29, 1.82) is 0 Å². The Morgan fingerprint density at radius 2 is 0.554 bits per heavy atom. The molecule has 17 aromatic carbocycles. The Labute approximate surface area is 897 Å². The van der Waals surface area contributed by atoms with Crippen molar-refractivity contribution in [1.82, 2.24) is 39.0 Å². The lowest BCUT2D eigenvalue weighted by Gasteiger charge is -2.32. The van der Waals surface area contributed by atoms with E-state index in [2.05, 4.69) is 208 Å². The molecule has 27 rings (SSSR count). The van der Waals surface area contributed by atoms with E-state index in [1.54, 1.807) is 20.5 Å². The second-order valence-electron chi connectivity index (χ2n) is 39.7. The summed E-state index contributed by atoms with van der Waals surface area (Å²) in [6, 6.07) is 112. The molecule has 724 valence electrons. The molecule has 148 heavy (non-hydrogen) atoms. The fourth-order valence-electron chi connectivity index (χ4n) is 19.4. The predicted octanol–water partition coefficient (Wildman–Crippen LogP) is 33.6. The third-order valence-electron chi connectivity index (χ3n) is 28.9. The van der Waals surface area contributed by atoms with Crippen LogP contribution in [0.25, 0.3) is 206 Å². The smallest absolute Gasteiger partial charge is 0.405 e. The predicted molar refractivity (Wildman–Crippen MR) is 621 cm³/mol. The number of rotatable bonds is 12. The van der Waals surface area contributed by atoms with E-state index in [0.717, 1.165) is 65.4 Å². The SMILES string of the molecule is CC1(C)OB(B2OC(C)(C)C(C)(C)O2)OC1(C)C.CC1(C)OB(c2cccc(-c3cccc4c3sc3ccccc34)c2)OC1(C)C.Clc1cccc(-c2cccc3c2sc2ccccc23)c1.[2H]c1c([2H])c([2H])c(-n2c3ccccc3c3c(-c4nc(-c5ccccc5)nc(-c5cccc(-c6cccc7c6sc6ccccc67)c5)n4)cccc32)c([2H])c1[2H].[2H]c1c([2H])c([2H])c(-n2c3ccccc3c3c(-c4nc(Cl)nc(-c5ccccc5)n4)cccc32)c([2H])c1[2H]. The first-order chi connectivity index (χ1) is 75.8. The van der Waals surface area contributed by atoms with Gasteiger partial charge in [0, 0.05) is 126 Å². The molecule has 3 fully saturated rings. The lowest BCUT2D eigenvalue weighted by molar-refractivity contribution is 0.00578. The zero-order valence-corrected chi connectivity index (χ0v) is 87.1. The van der Waals surface area contributed by atoms with Crippen LogP contribution < -0.4 is 5.46 Å². The standard InChI is InChI=1S/C45H28N4S.C27H17ClN4.C24H23BO2S.C18H11ClS.C12H24B2O4/c1-3-14-29(15-4-1)43-46-44(31-17-11-16-30(28-31)33-22-12-23-35-34-20-8-10-27-40(34)50-42(33)35)48-45(47-43)37-24-13-26-39-41(37)36-21-7-9-25-38(36)49(39)32-18-5-2-6-19-32;28-27-30-25(18-10-3-1-4-11-18)29-26(31-27)21-15-9-17-23-24(21)20-14-7-8-16-22(20)32(23)19-12-5-2-6-13-19;1-23(2)24(3,4)27-25(26-23)17-10-7-9-16(15-17)18-12-8-13-20-19-11-5-6-14-21(19)28-22(18)20;19-13-6-3-5-12(11-13)14-8-4-9-16-15-7-1-2-10-17(15)20-18(14)16;1-9(2)10(3,4)16-13(15-9)14-17-11(5,6)12(7,8)18-14/h1-28H;1-17H;5-15H,1-4H3;1-11H;1-8H3/i2D,5D,6D,18D,19D;2D,5D,6D,12D,13D;;;. The van der Waals surface area contributed by atoms with Crippen LogP contribution in [-0.2, 0) is 27.9 Å². The number of fused-ring (bicyclic) bond motifs is 15. The minimum Gasteiger partial charge on any atom is -0.405 e. The van der Waals surface area contributed by atoms with Crippen molar-refractivity contribution in [2.24, 2.45) is 0 Å². The number of aromatic nitrogens is 8. The van der Waals surface area contributed by atoms with Crippen LogP contribution in [0.3, 0.4) is 0 Å². The molecule has 3 aliphatic heterocycles. The number of para-hydroxylation sites is 4. The van der Waals surface area contributed by atoms with E-state index in [4.69, 9.17) is 84.8 Å². The Bertz CT molecular complexity index is 9730. The minimum atomic E-state index is -0.476. The molecular weight excluding hydrogens is 1920 g/mol. The zero-order chi connectivity index (χ0) is 110. The van der Waals surface area contributed by atoms with E-state index in [1.807, 2.05) is 254 Å². The van der Waals surface area contributed by atoms with Gasteiger partial charge >= 0.3 is 21.1 Å². The molecule has 24 aromatic rings. The van der Waals surface area contributed by atoms with Crippen LogP contribution in [0.1, 0.15) is 96.8 Å². The fourth-order valence-corrected chi connectivity index (χ4v) is 23.4. The summed E-state index contributed by atoms with van der Waals surface area (Å²) < 4.78 is 132. The van der Waals surface area contributed by atoms with Gasteiger partial charge in [0.1, 0.15) is 0 Å². The monoisotopic (exact) mass is 2030 g/mol. The Hall–Kier alpha value is -14.4. The summed E-state index contributed by atoms with van der Waals surface area (Å²) >= 11 is 18.0. The van der Waals surface area contributed by atoms with Crippen LogP contribution in [0.4, 0.5) is 0 Å². The number of halogens is 2. The number of thiophene rings is 3. The van der Waals surface area contributed by atoms with Gasteiger partial charge in [0.2, 0.25) is 5.28 Å². The molecule has 0 spiro atoms. The number of nitrogens with zero attached hydrogens (tertiary/aromatic N) is 8. The lowest BCUT2D eigenvalue weighted by atomic mass is 9.49. The highest BCUT2D eigenvalue weighted by atomic mass is 35.5. The maximum absolute atomic E-state index is 8.85. The van der Waals surface area contributed by atoms with Crippen LogP contribution in [0.2, 0.25) is 10.3 Å². The first-order valence-electron chi connectivity index (χ1n) is 54.0. The summed E-state index contributed by atoms with van der Waals surface area (Å²) in [6.45, 7) is 24.6. The zero-order valence-electron chi connectivity index (χ0n) is 93.1. The molecular formula is C126H103B3Cl2N8O6S3. The van der Waals surface area contributed by atoms with Gasteiger partial charge in [-0.25, -0.2) is 19.9 Å². The lowest BCUT2D eigenvalue weighted by Crippen LogP contribution is -2.41. The average Bonchev–Trinajstić information content (AvgIpc) is 1.56. The fraction of sp³-hybridized carbons (Fsp3) is 0.143. The van der Waals surface area contributed by atoms with E-state index >= 15 is 0 Å². The molecule has 0 aliphatic carbocycles. The molecule has 14 nitrogen and oxygen atoms in total. The van der Waals surface area contributed by atoms with E-state index in [0.29, 0.717) is 56.8 Å². The quantitative estimate of drug-likeness (QED) is 0.107. The molecule has 0 amide bonds. The Kier molecular flexibility index (Phi) is 22.7. The highest BCUT2D eigenvalue weighted by Crippen LogP contribution is 2.49. The summed E-state index contributed by atoms with van der Waals surface area (Å²) in [5.74, 6) is 2.29. The Morgan fingerprint density at radius 1 is 0.257 bits per heavy atom. The van der Waals surface area contributed by atoms with E-state index in [9.17, 15) is 0 Å². The molecule has 0 radical (unpaired) electrons. The maximum Gasteiger partial charge on any atom is 0.494 e. The third-order valence-corrected chi connectivity index (χ3v) is 32.9. The first kappa shape index (κ1) is 85.6. The van der Waals surface area contributed by atoms with Crippen LogP contribution in [-0.4, -0.2) is 93.8 Å².